The van der Waals surface area contributed by atoms with Gasteiger partial charge in [-0.15, -0.1) is 0 Å². The van der Waals surface area contributed by atoms with Crippen LogP contribution >= 0.6 is 0 Å². The molecule has 0 saturated carbocycles. The van der Waals surface area contributed by atoms with Crippen LogP contribution in [0.4, 0.5) is 0 Å². The molecule has 3 atom stereocenters. The van der Waals surface area contributed by atoms with Crippen molar-refractivity contribution in [2.24, 2.45) is 0 Å². The predicted molar refractivity (Wildman–Crippen MR) is 66.3 cm³/mol. The maximum Gasteiger partial charge on any atom is 1.00 e. The second-order valence-corrected chi connectivity index (χ2v) is 5.25. The van der Waals surface area contributed by atoms with Crippen LogP contribution in [0.2, 0.25) is 17.5 Å². The summed E-state index contributed by atoms with van der Waals surface area (Å²) < 4.78 is 0. The van der Waals surface area contributed by atoms with E-state index in [9.17, 15) is 0 Å². The first-order chi connectivity index (χ1) is 6.08. The molecule has 0 amide bonds. The summed E-state index contributed by atoms with van der Waals surface area (Å²) in [5, 5.41) is 0. The van der Waals surface area contributed by atoms with Gasteiger partial charge in [0, 0.05) is 0 Å². The molecule has 0 radical (unpaired) electrons. The molecule has 0 aromatic carbocycles. The molecule has 0 heterocycles. The summed E-state index contributed by atoms with van der Waals surface area (Å²) in [7, 11) is 0. The maximum absolute atomic E-state index is 2.46. The van der Waals surface area contributed by atoms with Crippen LogP contribution in [-0.2, 0) is 0 Å². The van der Waals surface area contributed by atoms with E-state index >= 15 is 0 Å². The van der Waals surface area contributed by atoms with E-state index in [2.05, 4.69) is 41.5 Å². The van der Waals surface area contributed by atoms with Gasteiger partial charge in [-0.1, -0.05) is 60.8 Å². The smallest absolute Gasteiger partial charge is 0.172 e. The summed E-state index contributed by atoms with van der Waals surface area (Å²) in [6.45, 7) is 14.5. The Balaban J connectivity index is 0. The Morgan fingerprint density at radius 2 is 0.929 bits per heavy atom. The van der Waals surface area contributed by atoms with Crippen LogP contribution in [0.25, 0.3) is 0 Å². The summed E-state index contributed by atoms with van der Waals surface area (Å²) >= 11 is 0. The van der Waals surface area contributed by atoms with E-state index in [4.69, 9.17) is 0 Å². The fourth-order valence-electron chi connectivity index (χ4n) is 3.06. The minimum atomic E-state index is 0. The Hall–Kier alpha value is 1.06. The summed E-state index contributed by atoms with van der Waals surface area (Å²) in [4.78, 5) is 0. The quantitative estimate of drug-likeness (QED) is 0.579. The van der Waals surface area contributed by atoms with E-state index in [0.29, 0.717) is 0 Å². The van der Waals surface area contributed by atoms with Gasteiger partial charge in [0.15, 0.2) is 0 Å². The molecule has 0 aliphatic carbocycles. The molecule has 0 spiro atoms. The van der Waals surface area contributed by atoms with Crippen LogP contribution < -0.4 is 29.6 Å². The van der Waals surface area contributed by atoms with Crippen LogP contribution in [0.3, 0.4) is 0 Å². The van der Waals surface area contributed by atoms with Crippen LogP contribution in [0, 0.1) is 0 Å². The molecule has 0 rings (SSSR count). The van der Waals surface area contributed by atoms with E-state index in [1.165, 1.54) is 19.3 Å². The third-order valence-electron chi connectivity index (χ3n) is 4.50. The van der Waals surface area contributed by atoms with Crippen molar-refractivity contribution in [2.75, 3.05) is 0 Å². The van der Waals surface area contributed by atoms with Crippen LogP contribution in [0.15, 0.2) is 0 Å². The van der Waals surface area contributed by atoms with Gasteiger partial charge in [-0.25, -0.2) is 0 Å². The molecule has 0 aliphatic heterocycles. The first-order valence-corrected chi connectivity index (χ1v) is 6.30. The Bertz CT molecular complexity index is 104. The van der Waals surface area contributed by atoms with E-state index in [1.807, 2.05) is 0 Å². The van der Waals surface area contributed by atoms with Gasteiger partial charge in [-0.3, -0.25) is 0 Å². The Morgan fingerprint density at radius 1 is 0.714 bits per heavy atom. The molecule has 0 aliphatic rings. The zero-order valence-corrected chi connectivity index (χ0v) is 13.6. The summed E-state index contributed by atoms with van der Waals surface area (Å²) in [6, 6.07) is 0. The minimum Gasteiger partial charge on any atom is -0.172 e. The van der Waals surface area contributed by atoms with Crippen LogP contribution in [0.5, 0.6) is 0 Å². The molecule has 2 heteroatoms. The molecular formula is C12H28BNa. The zero-order valence-electron chi connectivity index (χ0n) is 11.6. The predicted octanol–water partition coefficient (Wildman–Crippen LogP) is 1.62. The van der Waals surface area contributed by atoms with Gasteiger partial charge in [0.1, 0.15) is 0 Å². The molecule has 14 heavy (non-hydrogen) atoms. The second-order valence-electron chi connectivity index (χ2n) is 5.25. The van der Waals surface area contributed by atoms with E-state index in [0.717, 1.165) is 17.5 Å². The van der Waals surface area contributed by atoms with Gasteiger partial charge in [0.05, 0.1) is 0 Å². The van der Waals surface area contributed by atoms with Crippen molar-refractivity contribution in [1.82, 2.24) is 0 Å². The van der Waals surface area contributed by atoms with Crippen molar-refractivity contribution in [3.05, 3.63) is 0 Å². The molecular weight excluding hydrogens is 178 g/mol. The zero-order chi connectivity index (χ0) is 10.4. The maximum atomic E-state index is 2.46. The number of hydrogen-bond donors (Lipinski definition) is 0. The van der Waals surface area contributed by atoms with Crippen molar-refractivity contribution in [1.29, 1.82) is 0 Å². The van der Waals surface area contributed by atoms with Gasteiger partial charge in [0.2, 0.25) is 0 Å². The molecule has 0 aromatic heterocycles. The third kappa shape index (κ3) is 5.23. The third-order valence-corrected chi connectivity index (χ3v) is 4.50. The SMILES string of the molecule is CCC(C)[BH-](C(C)CC)C(C)CC.[Na+]. The monoisotopic (exact) mass is 206 g/mol. The van der Waals surface area contributed by atoms with Gasteiger partial charge in [-0.05, 0) is 6.71 Å². The topological polar surface area (TPSA) is 0 Å². The summed E-state index contributed by atoms with van der Waals surface area (Å²) in [5.74, 6) is 2.93. The minimum absolute atomic E-state index is 0. The molecule has 0 nitrogen and oxygen atoms in total. The normalized spacial score (nSPS) is 19.3. The molecule has 80 valence electrons. The van der Waals surface area contributed by atoms with Gasteiger partial charge in [-0.2, -0.15) is 17.5 Å². The Labute approximate surface area is 114 Å². The first-order valence-electron chi connectivity index (χ1n) is 6.30. The van der Waals surface area contributed by atoms with Gasteiger partial charge < -0.3 is 0 Å². The van der Waals surface area contributed by atoms with E-state index < -0.39 is 0 Å². The van der Waals surface area contributed by atoms with E-state index in [1.54, 1.807) is 0 Å². The fraction of sp³-hybridized carbons (Fsp3) is 1.00. The Morgan fingerprint density at radius 3 is 1.07 bits per heavy atom. The average Bonchev–Trinajstić information content (AvgIpc) is 2.16. The van der Waals surface area contributed by atoms with Crippen LogP contribution in [0.1, 0.15) is 60.8 Å². The molecule has 0 bridgehead atoms. The summed E-state index contributed by atoms with van der Waals surface area (Å²) in [5.41, 5.74) is 0. The van der Waals surface area contributed by atoms with E-state index in [-0.39, 0.29) is 36.3 Å². The van der Waals surface area contributed by atoms with Crippen molar-refractivity contribution in [2.45, 2.75) is 78.3 Å². The van der Waals surface area contributed by atoms with Gasteiger partial charge >= 0.3 is 29.6 Å². The van der Waals surface area contributed by atoms with Crippen molar-refractivity contribution in [3.63, 3.8) is 0 Å². The molecule has 0 saturated heterocycles. The van der Waals surface area contributed by atoms with Crippen molar-refractivity contribution >= 4 is 6.71 Å². The standard InChI is InChI=1S/C12H28B.Na/c1-7-10(4)13(11(5)8-2)12(6)9-3;/h10-13H,7-9H2,1-6H3;/q-1;+1. The molecule has 0 aromatic rings. The summed E-state index contributed by atoms with van der Waals surface area (Å²) in [6.07, 6.45) is 4.11. The molecule has 3 unspecified atom stereocenters. The first kappa shape index (κ1) is 17.5. The van der Waals surface area contributed by atoms with Crippen molar-refractivity contribution < 1.29 is 29.6 Å². The molecule has 0 N–H and O–H groups in total. The largest absolute Gasteiger partial charge is 1.00 e. The average molecular weight is 206 g/mol. The van der Waals surface area contributed by atoms with Crippen molar-refractivity contribution in [3.8, 4) is 0 Å². The van der Waals surface area contributed by atoms with Gasteiger partial charge in [0.25, 0.3) is 0 Å². The fourth-order valence-corrected chi connectivity index (χ4v) is 3.06. The van der Waals surface area contributed by atoms with Crippen LogP contribution in [-0.4, -0.2) is 6.71 Å². The number of hydrogen-bond acceptors (Lipinski definition) is 0. The Kier molecular flexibility index (Phi) is 11.6. The molecule has 0 fully saturated rings. The number of rotatable bonds is 6. The second kappa shape index (κ2) is 9.30.